The largest absolute Gasteiger partial charge is 0.433 e. The number of alkyl halides is 3. The van der Waals surface area contributed by atoms with Gasteiger partial charge in [-0.2, -0.15) is 18.3 Å². The topological polar surface area (TPSA) is 96.7 Å². The van der Waals surface area contributed by atoms with Crippen LogP contribution in [0.4, 0.5) is 23.2 Å². The highest BCUT2D eigenvalue weighted by atomic mass is 19.4. The summed E-state index contributed by atoms with van der Waals surface area (Å²) in [6.07, 6.45) is 0.632. The number of rotatable bonds is 3. The summed E-state index contributed by atoms with van der Waals surface area (Å²) in [6.45, 7) is 0. The van der Waals surface area contributed by atoms with Gasteiger partial charge in [0.25, 0.3) is 5.91 Å². The SMILES string of the molecule is Nc1cc(C(F)(F)F)nc2ccc(F)c(C3CCC(NC(=O)c4cn[nH]c4)CC3)c12. The third kappa shape index (κ3) is 3.81. The molecule has 0 aliphatic heterocycles. The van der Waals surface area contributed by atoms with E-state index in [9.17, 15) is 22.4 Å². The number of benzene rings is 1. The second kappa shape index (κ2) is 7.58. The third-order valence-electron chi connectivity index (χ3n) is 5.51. The number of anilines is 1. The van der Waals surface area contributed by atoms with Crippen molar-refractivity contribution in [3.05, 3.63) is 53.2 Å². The Morgan fingerprint density at radius 1 is 1.20 bits per heavy atom. The van der Waals surface area contributed by atoms with Crippen molar-refractivity contribution in [2.75, 3.05) is 5.73 Å². The molecule has 0 saturated heterocycles. The number of halogens is 4. The molecule has 0 atom stereocenters. The van der Waals surface area contributed by atoms with Gasteiger partial charge in [-0.1, -0.05) is 0 Å². The molecule has 3 aromatic rings. The Morgan fingerprint density at radius 3 is 2.57 bits per heavy atom. The molecule has 1 aromatic carbocycles. The standard InChI is InChI=1S/C20H19F4N5O/c21-13-5-6-15-18(14(25)7-16(29-15)20(22,23)24)17(13)10-1-3-12(4-2-10)28-19(30)11-8-26-27-9-11/h5-10,12H,1-4H2,(H2,25,29)(H,26,27)(H,28,30). The maximum atomic E-state index is 14.7. The molecule has 6 nitrogen and oxygen atoms in total. The van der Waals surface area contributed by atoms with Crippen LogP contribution in [0.3, 0.4) is 0 Å². The number of carbonyl (C=O) groups excluding carboxylic acids is 1. The summed E-state index contributed by atoms with van der Waals surface area (Å²) >= 11 is 0. The molecule has 1 fully saturated rings. The lowest BCUT2D eigenvalue weighted by Crippen LogP contribution is -2.37. The predicted octanol–water partition coefficient (Wildman–Crippen LogP) is 4.15. The molecule has 0 unspecified atom stereocenters. The highest BCUT2D eigenvalue weighted by molar-refractivity contribution is 5.94. The zero-order valence-electron chi connectivity index (χ0n) is 15.8. The zero-order valence-corrected chi connectivity index (χ0v) is 15.8. The van der Waals surface area contributed by atoms with Gasteiger partial charge in [0.15, 0.2) is 0 Å². The van der Waals surface area contributed by atoms with Crippen LogP contribution in [0.15, 0.2) is 30.6 Å². The third-order valence-corrected chi connectivity index (χ3v) is 5.51. The van der Waals surface area contributed by atoms with E-state index in [-0.39, 0.29) is 34.5 Å². The Bertz CT molecular complexity index is 1070. The van der Waals surface area contributed by atoms with E-state index in [4.69, 9.17) is 5.73 Å². The molecule has 4 rings (SSSR count). The Labute approximate surface area is 168 Å². The minimum absolute atomic E-state index is 0.0223. The van der Waals surface area contributed by atoms with Crippen LogP contribution < -0.4 is 11.1 Å². The molecule has 4 N–H and O–H groups in total. The molecule has 0 radical (unpaired) electrons. The van der Waals surface area contributed by atoms with Crippen molar-refractivity contribution >= 4 is 22.5 Å². The van der Waals surface area contributed by atoms with Gasteiger partial charge in [0.1, 0.15) is 11.5 Å². The number of nitrogens with two attached hydrogens (primary N) is 1. The van der Waals surface area contributed by atoms with Gasteiger partial charge in [-0.15, -0.1) is 0 Å². The van der Waals surface area contributed by atoms with E-state index in [1.165, 1.54) is 18.5 Å². The fourth-order valence-electron chi connectivity index (χ4n) is 4.08. The van der Waals surface area contributed by atoms with Crippen LogP contribution in [-0.4, -0.2) is 27.1 Å². The minimum atomic E-state index is -4.64. The van der Waals surface area contributed by atoms with E-state index in [1.54, 1.807) is 0 Å². The van der Waals surface area contributed by atoms with Crippen molar-refractivity contribution in [1.82, 2.24) is 20.5 Å². The molecule has 30 heavy (non-hydrogen) atoms. The number of H-pyrrole nitrogens is 1. The Hall–Kier alpha value is -3.17. The number of pyridine rings is 1. The number of carbonyl (C=O) groups is 1. The van der Waals surface area contributed by atoms with Gasteiger partial charge in [-0.25, -0.2) is 9.37 Å². The summed E-state index contributed by atoms with van der Waals surface area (Å²) in [4.78, 5) is 15.8. The van der Waals surface area contributed by atoms with Gasteiger partial charge < -0.3 is 11.1 Å². The van der Waals surface area contributed by atoms with Crippen molar-refractivity contribution in [3.63, 3.8) is 0 Å². The van der Waals surface area contributed by atoms with Gasteiger partial charge >= 0.3 is 6.18 Å². The molecule has 1 saturated carbocycles. The Balaban J connectivity index is 1.57. The molecule has 2 heterocycles. The summed E-state index contributed by atoms with van der Waals surface area (Å²) in [5.41, 5.74) is 5.41. The van der Waals surface area contributed by atoms with E-state index in [0.717, 1.165) is 12.1 Å². The molecule has 0 spiro atoms. The van der Waals surface area contributed by atoms with Crippen LogP contribution in [0, 0.1) is 5.82 Å². The highest BCUT2D eigenvalue weighted by Gasteiger charge is 2.34. The molecule has 2 aromatic heterocycles. The monoisotopic (exact) mass is 421 g/mol. The second-order valence-electron chi connectivity index (χ2n) is 7.46. The van der Waals surface area contributed by atoms with Crippen molar-refractivity contribution in [2.24, 2.45) is 0 Å². The first-order chi connectivity index (χ1) is 14.2. The fraction of sp³-hybridized carbons (Fsp3) is 0.350. The predicted molar refractivity (Wildman–Crippen MR) is 102 cm³/mol. The number of fused-ring (bicyclic) bond motifs is 1. The lowest BCUT2D eigenvalue weighted by Gasteiger charge is -2.30. The maximum Gasteiger partial charge on any atom is 0.433 e. The summed E-state index contributed by atoms with van der Waals surface area (Å²) in [6, 6.07) is 3.03. The minimum Gasteiger partial charge on any atom is -0.398 e. The molecule has 10 heteroatoms. The van der Waals surface area contributed by atoms with Crippen LogP contribution in [0.1, 0.15) is 53.2 Å². The van der Waals surface area contributed by atoms with Gasteiger partial charge in [0, 0.05) is 28.9 Å². The van der Waals surface area contributed by atoms with E-state index in [0.29, 0.717) is 36.8 Å². The van der Waals surface area contributed by atoms with Crippen LogP contribution in [-0.2, 0) is 6.18 Å². The van der Waals surface area contributed by atoms with Crippen LogP contribution in [0.2, 0.25) is 0 Å². The quantitative estimate of drug-likeness (QED) is 0.554. The van der Waals surface area contributed by atoms with Gasteiger partial charge in [0.05, 0.1) is 17.3 Å². The maximum absolute atomic E-state index is 14.7. The van der Waals surface area contributed by atoms with Crippen LogP contribution >= 0.6 is 0 Å². The number of aromatic nitrogens is 3. The van der Waals surface area contributed by atoms with Gasteiger partial charge in [-0.3, -0.25) is 9.89 Å². The molecular weight excluding hydrogens is 402 g/mol. The molecule has 1 aliphatic carbocycles. The van der Waals surface area contributed by atoms with Crippen LogP contribution in [0.25, 0.3) is 10.9 Å². The van der Waals surface area contributed by atoms with Gasteiger partial charge in [0.2, 0.25) is 0 Å². The summed E-state index contributed by atoms with van der Waals surface area (Å²) in [7, 11) is 0. The van der Waals surface area contributed by atoms with Crippen molar-refractivity contribution in [3.8, 4) is 0 Å². The van der Waals surface area contributed by atoms with Crippen molar-refractivity contribution < 1.29 is 22.4 Å². The summed E-state index contributed by atoms with van der Waals surface area (Å²) in [5, 5.41) is 9.47. The fourth-order valence-corrected chi connectivity index (χ4v) is 4.08. The average Bonchev–Trinajstić information content (AvgIpc) is 3.23. The average molecular weight is 421 g/mol. The molecule has 0 bridgehead atoms. The normalized spacial score (nSPS) is 19.7. The first-order valence-corrected chi connectivity index (χ1v) is 9.49. The molecule has 1 amide bonds. The van der Waals surface area contributed by atoms with E-state index in [2.05, 4.69) is 20.5 Å². The van der Waals surface area contributed by atoms with E-state index < -0.39 is 17.7 Å². The van der Waals surface area contributed by atoms with E-state index >= 15 is 0 Å². The lowest BCUT2D eigenvalue weighted by molar-refractivity contribution is -0.140. The zero-order chi connectivity index (χ0) is 21.5. The van der Waals surface area contributed by atoms with Crippen LogP contribution in [0.5, 0.6) is 0 Å². The second-order valence-corrected chi connectivity index (χ2v) is 7.46. The Morgan fingerprint density at radius 2 is 1.93 bits per heavy atom. The van der Waals surface area contributed by atoms with Crippen molar-refractivity contribution in [1.29, 1.82) is 0 Å². The Kier molecular flexibility index (Phi) is 5.08. The lowest BCUT2D eigenvalue weighted by atomic mass is 9.80. The first-order valence-electron chi connectivity index (χ1n) is 9.49. The molecular formula is C20H19F4N5O. The number of nitrogens with one attached hydrogen (secondary N) is 2. The number of aromatic amines is 1. The first kappa shape index (κ1) is 20.1. The number of hydrogen-bond donors (Lipinski definition) is 3. The number of nitrogens with zero attached hydrogens (tertiary/aromatic N) is 2. The molecule has 158 valence electrons. The highest BCUT2D eigenvalue weighted by Crippen LogP contribution is 2.41. The van der Waals surface area contributed by atoms with Gasteiger partial charge in [-0.05, 0) is 49.8 Å². The van der Waals surface area contributed by atoms with Crippen molar-refractivity contribution in [2.45, 2.75) is 43.8 Å². The molecule has 1 aliphatic rings. The smallest absolute Gasteiger partial charge is 0.398 e. The number of hydrogen-bond acceptors (Lipinski definition) is 4. The number of amides is 1. The number of nitrogen functional groups attached to an aromatic ring is 1. The van der Waals surface area contributed by atoms with E-state index in [1.807, 2.05) is 0 Å². The summed E-state index contributed by atoms with van der Waals surface area (Å²) < 4.78 is 53.9. The summed E-state index contributed by atoms with van der Waals surface area (Å²) in [5.74, 6) is -0.977.